The maximum absolute atomic E-state index is 5.85. The normalized spacial score (nSPS) is 24.7. The molecule has 1 fully saturated rings. The fourth-order valence-electron chi connectivity index (χ4n) is 2.87. The van der Waals surface area contributed by atoms with Crippen LogP contribution in [0, 0.1) is 12.8 Å². The van der Waals surface area contributed by atoms with Crippen LogP contribution in [0.4, 0.5) is 0 Å². The number of nitrogens with two attached hydrogens (primary N) is 1. The third kappa shape index (κ3) is 2.07. The molecule has 16 heavy (non-hydrogen) atoms. The predicted octanol–water partition coefficient (Wildman–Crippen LogP) is 2.85. The molecule has 0 aromatic heterocycles. The van der Waals surface area contributed by atoms with Crippen molar-refractivity contribution in [3.05, 3.63) is 29.3 Å². The summed E-state index contributed by atoms with van der Waals surface area (Å²) in [4.78, 5) is 0. The standard InChI is InChI=1S/C14H21NO/c1-10-6-7-14(16-2)13(8-10)12-5-3-4-11(12)9-15/h6-8,11-12H,3-5,9,15H2,1-2H3. The van der Waals surface area contributed by atoms with E-state index in [1.807, 2.05) is 0 Å². The monoisotopic (exact) mass is 219 g/mol. The van der Waals surface area contributed by atoms with Crippen LogP contribution < -0.4 is 10.5 Å². The first-order chi connectivity index (χ1) is 7.76. The number of rotatable bonds is 3. The van der Waals surface area contributed by atoms with E-state index in [2.05, 4.69) is 25.1 Å². The van der Waals surface area contributed by atoms with Gasteiger partial charge in [-0.15, -0.1) is 0 Å². The van der Waals surface area contributed by atoms with Gasteiger partial charge in [0.2, 0.25) is 0 Å². The van der Waals surface area contributed by atoms with E-state index in [1.54, 1.807) is 7.11 Å². The van der Waals surface area contributed by atoms with Crippen molar-refractivity contribution in [3.8, 4) is 5.75 Å². The van der Waals surface area contributed by atoms with E-state index in [0.29, 0.717) is 11.8 Å². The van der Waals surface area contributed by atoms with Crippen LogP contribution in [0.15, 0.2) is 18.2 Å². The lowest BCUT2D eigenvalue weighted by molar-refractivity contribution is 0.396. The van der Waals surface area contributed by atoms with Gasteiger partial charge in [0.15, 0.2) is 0 Å². The van der Waals surface area contributed by atoms with Crippen molar-refractivity contribution in [1.29, 1.82) is 0 Å². The summed E-state index contributed by atoms with van der Waals surface area (Å²) in [5.74, 6) is 2.26. The van der Waals surface area contributed by atoms with Gasteiger partial charge < -0.3 is 10.5 Å². The zero-order valence-corrected chi connectivity index (χ0v) is 10.2. The fourth-order valence-corrected chi connectivity index (χ4v) is 2.87. The van der Waals surface area contributed by atoms with Crippen LogP contribution in [-0.2, 0) is 0 Å². The molecule has 2 heteroatoms. The minimum Gasteiger partial charge on any atom is -0.496 e. The molecule has 0 spiro atoms. The molecule has 2 nitrogen and oxygen atoms in total. The van der Waals surface area contributed by atoms with Gasteiger partial charge in [0.05, 0.1) is 7.11 Å². The van der Waals surface area contributed by atoms with E-state index >= 15 is 0 Å². The number of methoxy groups -OCH3 is 1. The number of hydrogen-bond donors (Lipinski definition) is 1. The lowest BCUT2D eigenvalue weighted by Gasteiger charge is -2.21. The van der Waals surface area contributed by atoms with Crippen LogP contribution in [0.25, 0.3) is 0 Å². The lowest BCUT2D eigenvalue weighted by atomic mass is 9.87. The van der Waals surface area contributed by atoms with Gasteiger partial charge in [-0.2, -0.15) is 0 Å². The van der Waals surface area contributed by atoms with E-state index in [1.165, 1.54) is 30.4 Å². The Labute approximate surface area is 97.8 Å². The quantitative estimate of drug-likeness (QED) is 0.848. The molecule has 0 bridgehead atoms. The molecule has 0 heterocycles. The summed E-state index contributed by atoms with van der Waals surface area (Å²) in [6, 6.07) is 6.45. The van der Waals surface area contributed by atoms with Crippen molar-refractivity contribution in [1.82, 2.24) is 0 Å². The minimum atomic E-state index is 0.597. The molecule has 2 rings (SSSR count). The summed E-state index contributed by atoms with van der Waals surface area (Å²) in [7, 11) is 1.75. The van der Waals surface area contributed by atoms with Crippen molar-refractivity contribution in [2.24, 2.45) is 11.7 Å². The first-order valence-electron chi connectivity index (χ1n) is 6.11. The van der Waals surface area contributed by atoms with E-state index in [-0.39, 0.29) is 0 Å². The highest BCUT2D eigenvalue weighted by molar-refractivity contribution is 5.40. The molecule has 0 aliphatic heterocycles. The Morgan fingerprint density at radius 3 is 2.88 bits per heavy atom. The van der Waals surface area contributed by atoms with Crippen LogP contribution in [-0.4, -0.2) is 13.7 Å². The molecule has 0 amide bonds. The largest absolute Gasteiger partial charge is 0.496 e. The van der Waals surface area contributed by atoms with Gasteiger partial charge in [0.25, 0.3) is 0 Å². The number of aryl methyl sites for hydroxylation is 1. The van der Waals surface area contributed by atoms with Crippen LogP contribution in [0.2, 0.25) is 0 Å². The van der Waals surface area contributed by atoms with Gasteiger partial charge in [0.1, 0.15) is 5.75 Å². The molecule has 1 saturated carbocycles. The summed E-state index contributed by atoms with van der Waals surface area (Å²) >= 11 is 0. The SMILES string of the molecule is COc1ccc(C)cc1C1CCCC1CN. The van der Waals surface area contributed by atoms with E-state index in [4.69, 9.17) is 10.5 Å². The molecule has 1 aromatic rings. The third-order valence-electron chi connectivity index (χ3n) is 3.75. The molecule has 2 unspecified atom stereocenters. The second-order valence-electron chi connectivity index (χ2n) is 4.78. The summed E-state index contributed by atoms with van der Waals surface area (Å²) in [6.45, 7) is 2.93. The summed E-state index contributed by atoms with van der Waals surface area (Å²) in [5, 5.41) is 0. The molecule has 0 saturated heterocycles. The zero-order chi connectivity index (χ0) is 11.5. The Balaban J connectivity index is 2.34. The highest BCUT2D eigenvalue weighted by Crippen LogP contribution is 2.42. The van der Waals surface area contributed by atoms with Gasteiger partial charge >= 0.3 is 0 Å². The van der Waals surface area contributed by atoms with E-state index < -0.39 is 0 Å². The maximum atomic E-state index is 5.85. The second-order valence-corrected chi connectivity index (χ2v) is 4.78. The Morgan fingerprint density at radius 1 is 1.38 bits per heavy atom. The highest BCUT2D eigenvalue weighted by Gasteiger charge is 2.29. The molecule has 1 aliphatic rings. The summed E-state index contributed by atoms with van der Waals surface area (Å²) in [6.07, 6.45) is 3.81. The van der Waals surface area contributed by atoms with Crippen LogP contribution in [0.5, 0.6) is 5.75 Å². The Kier molecular flexibility index (Phi) is 3.49. The van der Waals surface area contributed by atoms with E-state index in [9.17, 15) is 0 Å². The topological polar surface area (TPSA) is 35.2 Å². The summed E-state index contributed by atoms with van der Waals surface area (Å²) < 4.78 is 5.46. The molecular weight excluding hydrogens is 198 g/mol. The van der Waals surface area contributed by atoms with Crippen LogP contribution in [0.1, 0.15) is 36.3 Å². The number of benzene rings is 1. The average molecular weight is 219 g/mol. The Hall–Kier alpha value is -1.02. The zero-order valence-electron chi connectivity index (χ0n) is 10.2. The molecule has 2 atom stereocenters. The van der Waals surface area contributed by atoms with Crippen molar-refractivity contribution in [3.63, 3.8) is 0 Å². The smallest absolute Gasteiger partial charge is 0.122 e. The molecule has 0 radical (unpaired) electrons. The maximum Gasteiger partial charge on any atom is 0.122 e. The van der Waals surface area contributed by atoms with Gasteiger partial charge in [-0.3, -0.25) is 0 Å². The summed E-state index contributed by atoms with van der Waals surface area (Å²) in [5.41, 5.74) is 8.51. The number of ether oxygens (including phenoxy) is 1. The lowest BCUT2D eigenvalue weighted by Crippen LogP contribution is -2.17. The fraction of sp³-hybridized carbons (Fsp3) is 0.571. The van der Waals surface area contributed by atoms with Crippen molar-refractivity contribution >= 4 is 0 Å². The minimum absolute atomic E-state index is 0.597. The molecule has 2 N–H and O–H groups in total. The molecule has 88 valence electrons. The second kappa shape index (κ2) is 4.88. The van der Waals surface area contributed by atoms with Gasteiger partial charge in [-0.25, -0.2) is 0 Å². The third-order valence-corrected chi connectivity index (χ3v) is 3.75. The van der Waals surface area contributed by atoms with Crippen molar-refractivity contribution < 1.29 is 4.74 Å². The Bertz CT molecular complexity index is 362. The molecule has 1 aromatic carbocycles. The molecule has 1 aliphatic carbocycles. The number of hydrogen-bond acceptors (Lipinski definition) is 2. The first kappa shape index (κ1) is 11.5. The van der Waals surface area contributed by atoms with Gasteiger partial charge in [-0.05, 0) is 49.8 Å². The van der Waals surface area contributed by atoms with E-state index in [0.717, 1.165) is 12.3 Å². The average Bonchev–Trinajstić information content (AvgIpc) is 2.76. The van der Waals surface area contributed by atoms with Crippen LogP contribution in [0.3, 0.4) is 0 Å². The molecular formula is C14H21NO. The van der Waals surface area contributed by atoms with Crippen molar-refractivity contribution in [2.45, 2.75) is 32.1 Å². The van der Waals surface area contributed by atoms with Crippen molar-refractivity contribution in [2.75, 3.05) is 13.7 Å². The first-order valence-corrected chi connectivity index (χ1v) is 6.11. The van der Waals surface area contributed by atoms with Gasteiger partial charge in [0, 0.05) is 0 Å². The highest BCUT2D eigenvalue weighted by atomic mass is 16.5. The Morgan fingerprint density at radius 2 is 2.19 bits per heavy atom. The predicted molar refractivity (Wildman–Crippen MR) is 66.9 cm³/mol. The van der Waals surface area contributed by atoms with Gasteiger partial charge in [-0.1, -0.05) is 24.1 Å². The van der Waals surface area contributed by atoms with Crippen LogP contribution >= 0.6 is 0 Å².